The standard InChI is InChI=1S/C17H23N3O4/c21-16(20-5-2-17(3-6-20)23-11-12-24-17)15-13-14(1-4-18-15)19-7-9-22-10-8-19/h1,4,13H,2-3,5-12H2. The second-order valence-electron chi connectivity index (χ2n) is 6.40. The SMILES string of the molecule is O=C(c1cc(N2CCOCC2)ccn1)N1CCC2(CC1)OCCO2. The third kappa shape index (κ3) is 3.11. The van der Waals surface area contributed by atoms with Gasteiger partial charge in [-0.2, -0.15) is 0 Å². The van der Waals surface area contributed by atoms with Crippen LogP contribution in [-0.2, 0) is 14.2 Å². The van der Waals surface area contributed by atoms with Crippen molar-refractivity contribution in [1.29, 1.82) is 0 Å². The molecule has 4 rings (SSSR count). The number of hydrogen-bond acceptors (Lipinski definition) is 6. The van der Waals surface area contributed by atoms with Crippen LogP contribution in [-0.4, -0.2) is 74.2 Å². The maximum atomic E-state index is 12.8. The third-order valence-corrected chi connectivity index (χ3v) is 4.96. The first-order valence-electron chi connectivity index (χ1n) is 8.62. The van der Waals surface area contributed by atoms with E-state index < -0.39 is 5.79 Å². The van der Waals surface area contributed by atoms with Crippen LogP contribution in [0.5, 0.6) is 0 Å². The van der Waals surface area contributed by atoms with E-state index in [1.807, 2.05) is 17.0 Å². The van der Waals surface area contributed by atoms with Gasteiger partial charge in [0.05, 0.1) is 26.4 Å². The molecule has 1 amide bonds. The first-order chi connectivity index (χ1) is 11.8. The number of ether oxygens (including phenoxy) is 3. The van der Waals surface area contributed by atoms with E-state index >= 15 is 0 Å². The van der Waals surface area contributed by atoms with Crippen molar-refractivity contribution < 1.29 is 19.0 Å². The highest BCUT2D eigenvalue weighted by molar-refractivity contribution is 5.93. The molecule has 0 aliphatic carbocycles. The molecule has 0 unspecified atom stereocenters. The van der Waals surface area contributed by atoms with Crippen molar-refractivity contribution in [3.63, 3.8) is 0 Å². The van der Waals surface area contributed by atoms with Gasteiger partial charge in [-0.05, 0) is 12.1 Å². The zero-order valence-corrected chi connectivity index (χ0v) is 13.8. The van der Waals surface area contributed by atoms with E-state index in [1.165, 1.54) is 0 Å². The Kier molecular flexibility index (Phi) is 4.39. The summed E-state index contributed by atoms with van der Waals surface area (Å²) in [4.78, 5) is 21.1. The number of carbonyl (C=O) groups excluding carboxylic acids is 1. The summed E-state index contributed by atoms with van der Waals surface area (Å²) in [7, 11) is 0. The predicted octanol–water partition coefficient (Wildman–Crippen LogP) is 0.897. The van der Waals surface area contributed by atoms with E-state index in [2.05, 4.69) is 9.88 Å². The van der Waals surface area contributed by atoms with Gasteiger partial charge in [-0.15, -0.1) is 0 Å². The van der Waals surface area contributed by atoms with Crippen molar-refractivity contribution in [2.45, 2.75) is 18.6 Å². The van der Waals surface area contributed by atoms with E-state index in [1.54, 1.807) is 6.20 Å². The summed E-state index contributed by atoms with van der Waals surface area (Å²) in [5.41, 5.74) is 1.54. The van der Waals surface area contributed by atoms with Crippen LogP contribution in [0, 0.1) is 0 Å². The Morgan fingerprint density at radius 2 is 1.75 bits per heavy atom. The molecule has 0 N–H and O–H groups in total. The largest absolute Gasteiger partial charge is 0.378 e. The van der Waals surface area contributed by atoms with Crippen LogP contribution in [0.25, 0.3) is 0 Å². The van der Waals surface area contributed by atoms with E-state index in [9.17, 15) is 4.79 Å². The number of likely N-dealkylation sites (tertiary alicyclic amines) is 1. The number of rotatable bonds is 2. The first kappa shape index (κ1) is 15.8. The second-order valence-corrected chi connectivity index (χ2v) is 6.40. The second kappa shape index (κ2) is 6.66. The summed E-state index contributed by atoms with van der Waals surface area (Å²) in [6, 6.07) is 3.84. The molecule has 3 aliphatic rings. The lowest BCUT2D eigenvalue weighted by molar-refractivity contribution is -0.181. The number of piperidine rings is 1. The summed E-state index contributed by atoms with van der Waals surface area (Å²) in [5, 5.41) is 0. The van der Waals surface area contributed by atoms with Gasteiger partial charge in [0, 0.05) is 50.9 Å². The van der Waals surface area contributed by atoms with Crippen molar-refractivity contribution >= 4 is 11.6 Å². The van der Waals surface area contributed by atoms with E-state index in [0.717, 1.165) is 44.8 Å². The molecule has 3 fully saturated rings. The number of aromatic nitrogens is 1. The zero-order chi connectivity index (χ0) is 16.4. The monoisotopic (exact) mass is 333 g/mol. The van der Waals surface area contributed by atoms with E-state index in [-0.39, 0.29) is 5.91 Å². The topological polar surface area (TPSA) is 64.1 Å². The number of hydrogen-bond donors (Lipinski definition) is 0. The number of nitrogens with zero attached hydrogens (tertiary/aromatic N) is 3. The zero-order valence-electron chi connectivity index (χ0n) is 13.8. The molecule has 7 heteroatoms. The summed E-state index contributed by atoms with van der Waals surface area (Å²) in [6.07, 6.45) is 3.16. The van der Waals surface area contributed by atoms with Crippen LogP contribution < -0.4 is 4.90 Å². The number of anilines is 1. The lowest BCUT2D eigenvalue weighted by Crippen LogP contribution is -2.47. The average Bonchev–Trinajstić information content (AvgIpc) is 3.11. The fourth-order valence-corrected chi connectivity index (χ4v) is 3.55. The van der Waals surface area contributed by atoms with Gasteiger partial charge in [-0.25, -0.2) is 0 Å². The molecule has 0 aromatic carbocycles. The fraction of sp³-hybridized carbons (Fsp3) is 0.647. The average molecular weight is 333 g/mol. The van der Waals surface area contributed by atoms with Gasteiger partial charge >= 0.3 is 0 Å². The number of morpholine rings is 1. The highest BCUT2D eigenvalue weighted by Gasteiger charge is 2.41. The molecule has 3 saturated heterocycles. The number of amides is 1. The molecule has 0 bridgehead atoms. The van der Waals surface area contributed by atoms with Crippen LogP contribution in [0.15, 0.2) is 18.3 Å². The van der Waals surface area contributed by atoms with Crippen LogP contribution in [0.2, 0.25) is 0 Å². The van der Waals surface area contributed by atoms with Crippen LogP contribution in [0.1, 0.15) is 23.3 Å². The highest BCUT2D eigenvalue weighted by atomic mass is 16.7. The minimum absolute atomic E-state index is 0.0158. The minimum Gasteiger partial charge on any atom is -0.378 e. The number of carbonyl (C=O) groups is 1. The third-order valence-electron chi connectivity index (χ3n) is 4.96. The molecule has 0 saturated carbocycles. The Morgan fingerprint density at radius 3 is 2.46 bits per heavy atom. The van der Waals surface area contributed by atoms with Crippen molar-refractivity contribution in [2.75, 3.05) is 57.5 Å². The van der Waals surface area contributed by atoms with Crippen molar-refractivity contribution in [3.8, 4) is 0 Å². The molecule has 4 heterocycles. The molecular formula is C17H23N3O4. The van der Waals surface area contributed by atoms with Gasteiger partial charge in [0.15, 0.2) is 5.79 Å². The molecule has 1 aromatic heterocycles. The van der Waals surface area contributed by atoms with Gasteiger partial charge in [-0.1, -0.05) is 0 Å². The Labute approximate surface area is 141 Å². The molecule has 0 atom stereocenters. The molecular weight excluding hydrogens is 310 g/mol. The lowest BCUT2D eigenvalue weighted by Gasteiger charge is -2.37. The summed E-state index contributed by atoms with van der Waals surface area (Å²) in [5.74, 6) is -0.474. The van der Waals surface area contributed by atoms with Gasteiger partial charge < -0.3 is 24.0 Å². The van der Waals surface area contributed by atoms with Crippen molar-refractivity contribution in [1.82, 2.24) is 9.88 Å². The first-order valence-corrected chi connectivity index (χ1v) is 8.62. The molecule has 24 heavy (non-hydrogen) atoms. The van der Waals surface area contributed by atoms with Crippen molar-refractivity contribution in [2.24, 2.45) is 0 Å². The molecule has 1 aromatic rings. The van der Waals surface area contributed by atoms with Crippen LogP contribution in [0.4, 0.5) is 5.69 Å². The Hall–Kier alpha value is -1.70. The molecule has 3 aliphatic heterocycles. The Balaban J connectivity index is 1.43. The molecule has 0 radical (unpaired) electrons. The maximum Gasteiger partial charge on any atom is 0.272 e. The quantitative estimate of drug-likeness (QED) is 0.801. The van der Waals surface area contributed by atoms with Gasteiger partial charge in [0.25, 0.3) is 5.91 Å². The Morgan fingerprint density at radius 1 is 1.04 bits per heavy atom. The van der Waals surface area contributed by atoms with Crippen LogP contribution in [0.3, 0.4) is 0 Å². The molecule has 130 valence electrons. The summed E-state index contributed by atoms with van der Waals surface area (Å²) in [6.45, 7) is 5.72. The van der Waals surface area contributed by atoms with Gasteiger partial charge in [0.2, 0.25) is 0 Å². The highest BCUT2D eigenvalue weighted by Crippen LogP contribution is 2.31. The summed E-state index contributed by atoms with van der Waals surface area (Å²) >= 11 is 0. The smallest absolute Gasteiger partial charge is 0.272 e. The Bertz CT molecular complexity index is 587. The van der Waals surface area contributed by atoms with Crippen molar-refractivity contribution in [3.05, 3.63) is 24.0 Å². The molecule has 1 spiro atoms. The fourth-order valence-electron chi connectivity index (χ4n) is 3.55. The molecule has 7 nitrogen and oxygen atoms in total. The maximum absolute atomic E-state index is 12.8. The minimum atomic E-state index is -0.458. The number of pyridine rings is 1. The summed E-state index contributed by atoms with van der Waals surface area (Å²) < 4.78 is 16.8. The van der Waals surface area contributed by atoms with Gasteiger partial charge in [-0.3, -0.25) is 9.78 Å². The van der Waals surface area contributed by atoms with Gasteiger partial charge in [0.1, 0.15) is 5.69 Å². The normalized spacial score (nSPS) is 23.7. The predicted molar refractivity (Wildman–Crippen MR) is 87.0 cm³/mol. The van der Waals surface area contributed by atoms with E-state index in [4.69, 9.17) is 14.2 Å². The van der Waals surface area contributed by atoms with E-state index in [0.29, 0.717) is 32.0 Å². The lowest BCUT2D eigenvalue weighted by atomic mass is 10.0. The van der Waals surface area contributed by atoms with Crippen LogP contribution >= 0.6 is 0 Å².